The van der Waals surface area contributed by atoms with Crippen molar-refractivity contribution >= 4 is 33.9 Å². The van der Waals surface area contributed by atoms with Crippen LogP contribution in [0.4, 0.5) is 4.39 Å². The van der Waals surface area contributed by atoms with Gasteiger partial charge >= 0.3 is 0 Å². The van der Waals surface area contributed by atoms with Crippen LogP contribution >= 0.6 is 33.9 Å². The lowest BCUT2D eigenvalue weighted by Gasteiger charge is -2.08. The number of aliphatic hydroxyl groups is 1. The molecule has 1 aromatic heterocycles. The smallest absolute Gasteiger partial charge is 0.123 e. The summed E-state index contributed by atoms with van der Waals surface area (Å²) in [4.78, 5) is 0. The highest BCUT2D eigenvalue weighted by molar-refractivity contribution is 14.1. The first-order valence-electron chi connectivity index (χ1n) is 4.81. The number of hydrogen-bond acceptors (Lipinski definition) is 2. The van der Waals surface area contributed by atoms with E-state index < -0.39 is 6.10 Å². The molecule has 0 bridgehead atoms. The number of aliphatic hydroxyl groups excluding tert-OH is 1. The minimum absolute atomic E-state index is 0.260. The molecule has 2 rings (SSSR count). The number of benzene rings is 1. The van der Waals surface area contributed by atoms with Crippen LogP contribution in [0.1, 0.15) is 17.2 Å². The fraction of sp³-hybridized carbons (Fsp3) is 0.167. The van der Waals surface area contributed by atoms with Crippen molar-refractivity contribution in [1.82, 2.24) is 0 Å². The van der Waals surface area contributed by atoms with Crippen LogP contribution in [0.2, 0.25) is 0 Å². The lowest BCUT2D eigenvalue weighted by molar-refractivity contribution is 0.179. The van der Waals surface area contributed by atoms with Gasteiger partial charge in [0.15, 0.2) is 0 Å². The number of thiophene rings is 1. The third-order valence-corrected chi connectivity index (χ3v) is 4.10. The molecule has 2 aromatic rings. The molecule has 4 heteroatoms. The summed E-state index contributed by atoms with van der Waals surface area (Å²) in [6.45, 7) is 0. The quantitative estimate of drug-likeness (QED) is 0.838. The summed E-state index contributed by atoms with van der Waals surface area (Å²) in [6.07, 6.45) is -0.105. The zero-order chi connectivity index (χ0) is 11.5. The van der Waals surface area contributed by atoms with Crippen molar-refractivity contribution in [2.24, 2.45) is 0 Å². The third-order valence-electron chi connectivity index (χ3n) is 2.29. The van der Waals surface area contributed by atoms with Gasteiger partial charge < -0.3 is 5.11 Å². The molecule has 1 atom stereocenters. The molecule has 1 aromatic carbocycles. The van der Waals surface area contributed by atoms with Crippen LogP contribution in [0.15, 0.2) is 35.7 Å². The largest absolute Gasteiger partial charge is 0.388 e. The van der Waals surface area contributed by atoms with E-state index in [1.54, 1.807) is 17.4 Å². The van der Waals surface area contributed by atoms with E-state index in [9.17, 15) is 9.50 Å². The van der Waals surface area contributed by atoms with Crippen molar-refractivity contribution < 1.29 is 9.50 Å². The molecule has 0 fully saturated rings. The molecule has 1 N–H and O–H groups in total. The Morgan fingerprint density at radius 3 is 2.81 bits per heavy atom. The Balaban J connectivity index is 2.10. The second-order valence-electron chi connectivity index (χ2n) is 3.53. The Bertz CT molecular complexity index is 483. The summed E-state index contributed by atoms with van der Waals surface area (Å²) in [5.41, 5.74) is 1.72. The van der Waals surface area contributed by atoms with Crippen LogP contribution in [-0.2, 0) is 6.42 Å². The van der Waals surface area contributed by atoms with Gasteiger partial charge in [0.1, 0.15) is 5.82 Å². The minimum atomic E-state index is -0.554. The SMILES string of the molecule is OC(Cc1cccc(F)c1)c1csc(I)c1. The predicted molar refractivity (Wildman–Crippen MR) is 72.1 cm³/mol. The van der Waals surface area contributed by atoms with Crippen molar-refractivity contribution in [3.63, 3.8) is 0 Å². The molecule has 0 saturated heterocycles. The number of halogens is 2. The normalized spacial score (nSPS) is 12.7. The average Bonchev–Trinajstić information content (AvgIpc) is 2.65. The zero-order valence-corrected chi connectivity index (χ0v) is 11.3. The molecule has 0 aliphatic carbocycles. The monoisotopic (exact) mass is 348 g/mol. The first kappa shape index (κ1) is 12.0. The second kappa shape index (κ2) is 5.25. The maximum Gasteiger partial charge on any atom is 0.123 e. The van der Waals surface area contributed by atoms with Gasteiger partial charge in [0, 0.05) is 6.42 Å². The molecule has 0 spiro atoms. The molecule has 0 amide bonds. The highest BCUT2D eigenvalue weighted by Crippen LogP contribution is 2.24. The van der Waals surface area contributed by atoms with E-state index in [0.717, 1.165) is 14.0 Å². The molecule has 0 saturated carbocycles. The van der Waals surface area contributed by atoms with E-state index in [1.807, 2.05) is 17.5 Å². The van der Waals surface area contributed by atoms with Gasteiger partial charge in [-0.05, 0) is 57.3 Å². The highest BCUT2D eigenvalue weighted by atomic mass is 127. The molecular weight excluding hydrogens is 338 g/mol. The molecule has 0 aliphatic rings. The van der Waals surface area contributed by atoms with Crippen LogP contribution < -0.4 is 0 Å². The fourth-order valence-corrected chi connectivity index (χ4v) is 2.92. The van der Waals surface area contributed by atoms with Crippen molar-refractivity contribution in [3.8, 4) is 0 Å². The summed E-state index contributed by atoms with van der Waals surface area (Å²) < 4.78 is 14.1. The van der Waals surface area contributed by atoms with Crippen LogP contribution in [0, 0.1) is 8.70 Å². The van der Waals surface area contributed by atoms with Gasteiger partial charge in [-0.2, -0.15) is 0 Å². The molecule has 1 unspecified atom stereocenters. The Morgan fingerprint density at radius 2 is 2.19 bits per heavy atom. The van der Waals surface area contributed by atoms with Gasteiger partial charge in [0.05, 0.1) is 8.99 Å². The Labute approximate surface area is 111 Å². The van der Waals surface area contributed by atoms with Crippen LogP contribution in [0.25, 0.3) is 0 Å². The molecular formula is C12H10FIOS. The molecule has 84 valence electrons. The predicted octanol–water partition coefficient (Wildman–Crippen LogP) is 3.77. The van der Waals surface area contributed by atoms with Crippen LogP contribution in [0.3, 0.4) is 0 Å². The van der Waals surface area contributed by atoms with Gasteiger partial charge in [0.25, 0.3) is 0 Å². The van der Waals surface area contributed by atoms with Crippen molar-refractivity contribution in [1.29, 1.82) is 0 Å². The van der Waals surface area contributed by atoms with E-state index in [0.29, 0.717) is 6.42 Å². The summed E-state index contributed by atoms with van der Waals surface area (Å²) in [6, 6.07) is 8.30. The maximum atomic E-state index is 12.9. The van der Waals surface area contributed by atoms with Crippen molar-refractivity contribution in [2.45, 2.75) is 12.5 Å². The topological polar surface area (TPSA) is 20.2 Å². The van der Waals surface area contributed by atoms with Gasteiger partial charge in [-0.1, -0.05) is 12.1 Å². The van der Waals surface area contributed by atoms with Crippen LogP contribution in [-0.4, -0.2) is 5.11 Å². The first-order chi connectivity index (χ1) is 7.65. The van der Waals surface area contributed by atoms with Gasteiger partial charge in [-0.25, -0.2) is 4.39 Å². The molecule has 1 heterocycles. The number of rotatable bonds is 3. The Kier molecular flexibility index (Phi) is 3.94. The highest BCUT2D eigenvalue weighted by Gasteiger charge is 2.10. The second-order valence-corrected chi connectivity index (χ2v) is 6.34. The molecule has 16 heavy (non-hydrogen) atoms. The fourth-order valence-electron chi connectivity index (χ4n) is 1.50. The minimum Gasteiger partial charge on any atom is -0.388 e. The van der Waals surface area contributed by atoms with Gasteiger partial charge in [-0.15, -0.1) is 11.3 Å². The van der Waals surface area contributed by atoms with E-state index >= 15 is 0 Å². The van der Waals surface area contributed by atoms with Crippen molar-refractivity contribution in [2.75, 3.05) is 0 Å². The van der Waals surface area contributed by atoms with E-state index in [-0.39, 0.29) is 5.82 Å². The summed E-state index contributed by atoms with van der Waals surface area (Å²) in [7, 11) is 0. The van der Waals surface area contributed by atoms with E-state index in [1.165, 1.54) is 12.1 Å². The van der Waals surface area contributed by atoms with Gasteiger partial charge in [-0.3, -0.25) is 0 Å². The maximum absolute atomic E-state index is 12.9. The average molecular weight is 348 g/mol. The molecule has 0 aliphatic heterocycles. The third kappa shape index (κ3) is 3.02. The lowest BCUT2D eigenvalue weighted by Crippen LogP contribution is -2.00. The summed E-state index contributed by atoms with van der Waals surface area (Å²) in [5, 5.41) is 11.9. The van der Waals surface area contributed by atoms with E-state index in [2.05, 4.69) is 22.6 Å². The van der Waals surface area contributed by atoms with Crippen LogP contribution in [0.5, 0.6) is 0 Å². The summed E-state index contributed by atoms with van der Waals surface area (Å²) in [5.74, 6) is -0.260. The number of hydrogen-bond donors (Lipinski definition) is 1. The van der Waals surface area contributed by atoms with Gasteiger partial charge in [0.2, 0.25) is 0 Å². The Hall–Kier alpha value is -0.460. The summed E-state index contributed by atoms with van der Waals surface area (Å²) >= 11 is 3.82. The molecule has 0 radical (unpaired) electrons. The standard InChI is InChI=1S/C12H10FIOS/c13-10-3-1-2-8(4-10)5-11(15)9-6-12(14)16-7-9/h1-4,6-7,11,15H,5H2. The first-order valence-corrected chi connectivity index (χ1v) is 6.77. The molecule has 1 nitrogen and oxygen atoms in total. The van der Waals surface area contributed by atoms with E-state index in [4.69, 9.17) is 0 Å². The Morgan fingerprint density at radius 1 is 1.38 bits per heavy atom. The zero-order valence-electron chi connectivity index (χ0n) is 8.36. The van der Waals surface area contributed by atoms with Crippen molar-refractivity contribution in [3.05, 3.63) is 55.5 Å². The lowest BCUT2D eigenvalue weighted by atomic mass is 10.0.